The first kappa shape index (κ1) is 39.2. The number of β-lactam (4-membered cyclic amide) rings is 1. The number of rotatable bonds is 14. The molecule has 0 radical (unpaired) electrons. The molecule has 51 heavy (non-hydrogen) atoms. The van der Waals surface area contributed by atoms with Gasteiger partial charge in [-0.25, -0.2) is 19.4 Å². The van der Waals surface area contributed by atoms with Crippen LogP contribution in [0.5, 0.6) is 5.75 Å². The molecule has 1 saturated heterocycles. The Bertz CT molecular complexity index is 1810. The van der Waals surface area contributed by atoms with Crippen LogP contribution in [0.4, 0.5) is 9.93 Å². The number of methoxy groups -OCH3 is 1. The Labute approximate surface area is 310 Å². The van der Waals surface area contributed by atoms with Crippen LogP contribution in [0.3, 0.4) is 0 Å². The average Bonchev–Trinajstić information content (AvgIpc) is 3.51. The van der Waals surface area contributed by atoms with E-state index in [1.165, 1.54) is 12.5 Å². The molecule has 2 aromatic rings. The Morgan fingerprint density at radius 2 is 1.86 bits per heavy atom. The molecule has 0 saturated carbocycles. The number of carboxylic acid groups (broad SMARTS) is 2. The minimum Gasteiger partial charge on any atom is -0.497 e. The second-order valence-corrected chi connectivity index (χ2v) is 14.9. The molecule has 18 nitrogen and oxygen atoms in total. The van der Waals surface area contributed by atoms with E-state index in [-0.39, 0.29) is 33.3 Å². The molecule has 1 fully saturated rings. The molecule has 2 aliphatic rings. The number of amides is 3. The first-order chi connectivity index (χ1) is 24.0. The van der Waals surface area contributed by atoms with Crippen molar-refractivity contribution in [1.82, 2.24) is 15.2 Å². The number of ether oxygens (including phenoxy) is 3. The number of nitrogens with one attached hydrogen (secondary N) is 2. The fourth-order valence-corrected chi connectivity index (χ4v) is 7.94. The van der Waals surface area contributed by atoms with Gasteiger partial charge in [-0.1, -0.05) is 39.9 Å². The van der Waals surface area contributed by atoms with Crippen LogP contribution in [0.1, 0.15) is 38.4 Å². The molecule has 2 aliphatic heterocycles. The van der Waals surface area contributed by atoms with Gasteiger partial charge in [0.1, 0.15) is 40.8 Å². The van der Waals surface area contributed by atoms with Crippen LogP contribution in [0.2, 0.25) is 0 Å². The molecule has 274 valence electrons. The van der Waals surface area contributed by atoms with Gasteiger partial charge in [-0.15, -0.1) is 11.3 Å². The van der Waals surface area contributed by atoms with Crippen LogP contribution in [0, 0.1) is 0 Å². The third kappa shape index (κ3) is 9.78. The van der Waals surface area contributed by atoms with Gasteiger partial charge in [0.15, 0.2) is 10.8 Å². The lowest BCUT2D eigenvalue weighted by atomic mass is 10.0. The second-order valence-electron chi connectivity index (χ2n) is 11.7. The highest BCUT2D eigenvalue weighted by atomic mass is 127. The van der Waals surface area contributed by atoms with Crippen molar-refractivity contribution in [3.63, 3.8) is 0 Å². The highest BCUT2D eigenvalue weighted by Crippen LogP contribution is 2.36. The van der Waals surface area contributed by atoms with Crippen LogP contribution >= 0.6 is 33.9 Å². The molecule has 4 N–H and O–H groups in total. The first-order valence-electron chi connectivity index (χ1n) is 14.8. The van der Waals surface area contributed by atoms with E-state index >= 15 is 0 Å². The van der Waals surface area contributed by atoms with Crippen LogP contribution < -0.4 is 15.4 Å². The predicted molar refractivity (Wildman–Crippen MR) is 188 cm³/mol. The van der Waals surface area contributed by atoms with Crippen LogP contribution in [0.25, 0.3) is 0 Å². The number of anilines is 1. The van der Waals surface area contributed by atoms with Gasteiger partial charge < -0.3 is 34.6 Å². The van der Waals surface area contributed by atoms with Gasteiger partial charge in [-0.3, -0.25) is 28.8 Å². The number of thiazole rings is 1. The number of fused-ring (bicyclic) bond motifs is 1. The van der Waals surface area contributed by atoms with Gasteiger partial charge >= 0.3 is 24.0 Å². The van der Waals surface area contributed by atoms with E-state index in [9.17, 15) is 38.1 Å². The summed E-state index contributed by atoms with van der Waals surface area (Å²) in [7, 11) is -0.272. The molecule has 1 aromatic heterocycles. The Kier molecular flexibility index (Phi) is 12.7. The summed E-state index contributed by atoms with van der Waals surface area (Å²) >= 11 is 2.80. The SMILES string of the molecule is COc1ccc(COC(=O)C2=C(CI)C[S@@](=O)[C@@H]3[C@H](NC(=O)/C(=N\OC(CC(=O)O)C(=O)O)c4csc(NC(=O)OC(C)(C)C)n4)C(=O)N23)cc1. The molecule has 0 bridgehead atoms. The number of carboxylic acids is 2. The van der Waals surface area contributed by atoms with Crippen molar-refractivity contribution >= 4 is 91.4 Å². The van der Waals surface area contributed by atoms with Gasteiger partial charge in [0.2, 0.25) is 6.10 Å². The number of alkyl halides is 1. The lowest BCUT2D eigenvalue weighted by molar-refractivity contribution is -0.157. The third-order valence-electron chi connectivity index (χ3n) is 6.85. The number of hydrogen-bond acceptors (Lipinski definition) is 14. The maximum absolute atomic E-state index is 13.6. The normalized spacial score (nSPS) is 19.2. The molecule has 1 unspecified atom stereocenters. The van der Waals surface area contributed by atoms with Crippen molar-refractivity contribution in [3.8, 4) is 5.75 Å². The summed E-state index contributed by atoms with van der Waals surface area (Å²) in [4.78, 5) is 85.5. The summed E-state index contributed by atoms with van der Waals surface area (Å²) < 4.78 is 29.4. The van der Waals surface area contributed by atoms with E-state index in [0.717, 1.165) is 16.2 Å². The maximum atomic E-state index is 13.6. The van der Waals surface area contributed by atoms with Gasteiger partial charge in [-0.05, 0) is 44.0 Å². The van der Waals surface area contributed by atoms with Crippen molar-refractivity contribution < 1.29 is 62.2 Å². The van der Waals surface area contributed by atoms with Crippen molar-refractivity contribution in [3.05, 3.63) is 52.2 Å². The number of oxime groups is 1. The topological polar surface area (TPSA) is 249 Å². The van der Waals surface area contributed by atoms with Gasteiger partial charge in [0, 0.05) is 9.81 Å². The molecule has 0 aliphatic carbocycles. The quantitative estimate of drug-likeness (QED) is 0.0530. The van der Waals surface area contributed by atoms with Crippen LogP contribution in [-0.4, -0.2) is 106 Å². The fraction of sp³-hybridized carbons (Fsp3) is 0.400. The smallest absolute Gasteiger partial charge is 0.413 e. The zero-order chi connectivity index (χ0) is 37.6. The predicted octanol–water partition coefficient (Wildman–Crippen LogP) is 2.00. The minimum absolute atomic E-state index is 0.0615. The number of nitrogens with zero attached hydrogens (tertiary/aromatic N) is 3. The molecular weight excluding hydrogens is 829 g/mol. The van der Waals surface area contributed by atoms with E-state index in [1.54, 1.807) is 45.0 Å². The second kappa shape index (κ2) is 16.6. The number of aromatic nitrogens is 1. The monoisotopic (exact) mass is 861 g/mol. The van der Waals surface area contributed by atoms with E-state index < -0.39 is 81.9 Å². The zero-order valence-corrected chi connectivity index (χ0v) is 31.2. The number of halogens is 1. The Hall–Kier alpha value is -4.64. The summed E-state index contributed by atoms with van der Waals surface area (Å²) in [5.74, 6) is -5.49. The molecular formula is C30H32IN5O13S2. The van der Waals surface area contributed by atoms with Gasteiger partial charge in [-0.2, -0.15) is 0 Å². The van der Waals surface area contributed by atoms with Crippen LogP contribution in [-0.2, 0) is 55.7 Å². The summed E-state index contributed by atoms with van der Waals surface area (Å²) in [6.07, 6.45) is -3.90. The highest BCUT2D eigenvalue weighted by Gasteiger charge is 2.57. The summed E-state index contributed by atoms with van der Waals surface area (Å²) in [5.41, 5.74) is -0.842. The highest BCUT2D eigenvalue weighted by molar-refractivity contribution is 14.1. The zero-order valence-electron chi connectivity index (χ0n) is 27.4. The van der Waals surface area contributed by atoms with E-state index in [2.05, 4.69) is 20.8 Å². The van der Waals surface area contributed by atoms with Crippen molar-refractivity contribution in [2.75, 3.05) is 22.6 Å². The van der Waals surface area contributed by atoms with E-state index in [4.69, 9.17) is 24.2 Å². The Balaban J connectivity index is 1.56. The first-order valence-corrected chi connectivity index (χ1v) is 18.5. The standard InChI is InChI=1S/C30H32IN5O13S2/c1-30(2,3)48-29(44)34-28-32-17(12-50-28)20(35-49-18(26(41)42)9-19(37)38)23(39)33-21-24(40)36-22(15(10-31)13-51(45)25(21)36)27(43)47-11-14-5-7-16(46-4)8-6-14/h5-8,12,18,21,25H,9-11,13H2,1-4H3,(H,33,39)(H,37,38)(H,41,42)(H,32,34,44)/b35-20-/t18?,21-,25-,51-/m1/s1. The summed E-state index contributed by atoms with van der Waals surface area (Å²) in [5, 5.41) is 26.8. The van der Waals surface area contributed by atoms with Crippen LogP contribution in [0.15, 0.2) is 46.1 Å². The van der Waals surface area contributed by atoms with Crippen molar-refractivity contribution in [1.29, 1.82) is 0 Å². The number of benzene rings is 1. The third-order valence-corrected chi connectivity index (χ3v) is 10.2. The summed E-state index contributed by atoms with van der Waals surface area (Å²) in [6, 6.07) is 5.33. The van der Waals surface area contributed by atoms with Gasteiger partial charge in [0.05, 0.1) is 30.1 Å². The molecule has 3 amide bonds. The number of carbonyl (C=O) groups is 6. The van der Waals surface area contributed by atoms with Gasteiger partial charge in [0.25, 0.3) is 11.8 Å². The lowest BCUT2D eigenvalue weighted by Gasteiger charge is -2.49. The molecule has 4 atom stereocenters. The Morgan fingerprint density at radius 3 is 2.45 bits per heavy atom. The molecule has 21 heteroatoms. The lowest BCUT2D eigenvalue weighted by Crippen LogP contribution is -2.74. The molecule has 4 rings (SSSR count). The molecule has 0 spiro atoms. The number of esters is 1. The molecule has 3 heterocycles. The fourth-order valence-electron chi connectivity index (χ4n) is 4.57. The number of aliphatic carboxylic acids is 2. The average molecular weight is 862 g/mol. The maximum Gasteiger partial charge on any atom is 0.413 e. The van der Waals surface area contributed by atoms with Crippen molar-refractivity contribution in [2.45, 2.75) is 56.9 Å². The number of carbonyl (C=O) groups excluding carboxylic acids is 4. The number of hydrogen-bond donors (Lipinski definition) is 4. The molecule has 1 aromatic carbocycles. The Morgan fingerprint density at radius 1 is 1.18 bits per heavy atom. The van der Waals surface area contributed by atoms with E-state index in [0.29, 0.717) is 16.9 Å². The van der Waals surface area contributed by atoms with E-state index in [1.807, 2.05) is 22.6 Å². The largest absolute Gasteiger partial charge is 0.497 e. The minimum atomic E-state index is -2.02. The summed E-state index contributed by atoms with van der Waals surface area (Å²) in [6.45, 7) is 4.78. The van der Waals surface area contributed by atoms with Crippen molar-refractivity contribution in [2.24, 2.45) is 5.16 Å².